The van der Waals surface area contributed by atoms with Crippen LogP contribution < -0.4 is 10.0 Å². The third kappa shape index (κ3) is 5.20. The predicted octanol–water partition coefficient (Wildman–Crippen LogP) is 0.196. The van der Waals surface area contributed by atoms with Gasteiger partial charge in [0.2, 0.25) is 10.0 Å². The molecule has 0 saturated carbocycles. The molecule has 0 saturated heterocycles. The second-order valence-corrected chi connectivity index (χ2v) is 6.19. The first-order chi connectivity index (χ1) is 9.53. The monoisotopic (exact) mass is 304 g/mol. The van der Waals surface area contributed by atoms with Gasteiger partial charge in [-0.15, -0.1) is 0 Å². The quantitative estimate of drug-likeness (QED) is 0.603. The van der Waals surface area contributed by atoms with E-state index in [0.717, 1.165) is 13.1 Å². The van der Waals surface area contributed by atoms with E-state index < -0.39 is 10.0 Å². The summed E-state index contributed by atoms with van der Waals surface area (Å²) >= 11 is 0. The van der Waals surface area contributed by atoms with Crippen molar-refractivity contribution in [2.24, 2.45) is 0 Å². The molecule has 1 atom stereocenters. The number of hydrogen-bond acceptors (Lipinski definition) is 5. The third-order valence-corrected chi connectivity index (χ3v) is 4.35. The Labute approximate surface area is 120 Å². The Balaban J connectivity index is 2.67. The highest BCUT2D eigenvalue weighted by Crippen LogP contribution is 2.08. The highest BCUT2D eigenvalue weighted by atomic mass is 32.2. The number of likely N-dealkylation sites (N-methyl/N-ethyl adjacent to an activating group) is 1. The van der Waals surface area contributed by atoms with E-state index in [1.165, 1.54) is 6.20 Å². The first kappa shape index (κ1) is 17.1. The summed E-state index contributed by atoms with van der Waals surface area (Å²) in [6.45, 7) is 6.55. The van der Waals surface area contributed by atoms with Gasteiger partial charge in [0.05, 0.1) is 19.3 Å². The van der Waals surface area contributed by atoms with E-state index in [4.69, 9.17) is 4.74 Å². The number of rotatable bonds is 10. The highest BCUT2D eigenvalue weighted by molar-refractivity contribution is 7.89. The molecule has 1 aromatic heterocycles. The molecule has 116 valence electrons. The SMILES string of the molecule is CCNCCn1cc(S(=O)(=O)NC(CC)COC)cn1. The summed E-state index contributed by atoms with van der Waals surface area (Å²) in [6, 6.07) is -0.227. The molecule has 7 nitrogen and oxygen atoms in total. The van der Waals surface area contributed by atoms with Crippen LogP contribution in [0.15, 0.2) is 17.3 Å². The van der Waals surface area contributed by atoms with Crippen molar-refractivity contribution in [2.45, 2.75) is 37.8 Å². The number of nitrogens with zero attached hydrogens (tertiary/aromatic N) is 2. The number of aromatic nitrogens is 2. The van der Waals surface area contributed by atoms with Crippen molar-refractivity contribution in [1.82, 2.24) is 19.8 Å². The molecule has 8 heteroatoms. The van der Waals surface area contributed by atoms with Crippen molar-refractivity contribution in [3.63, 3.8) is 0 Å². The maximum atomic E-state index is 12.2. The molecule has 0 fully saturated rings. The topological polar surface area (TPSA) is 85.2 Å². The summed E-state index contributed by atoms with van der Waals surface area (Å²) < 4.78 is 33.6. The molecule has 0 aromatic carbocycles. The molecule has 1 rings (SSSR count). The molecule has 0 amide bonds. The zero-order valence-corrected chi connectivity index (χ0v) is 13.1. The number of nitrogens with one attached hydrogen (secondary N) is 2. The van der Waals surface area contributed by atoms with Gasteiger partial charge < -0.3 is 10.1 Å². The Morgan fingerprint density at radius 3 is 2.80 bits per heavy atom. The Morgan fingerprint density at radius 2 is 2.20 bits per heavy atom. The molecule has 0 aliphatic rings. The summed E-state index contributed by atoms with van der Waals surface area (Å²) in [5.41, 5.74) is 0. The zero-order valence-electron chi connectivity index (χ0n) is 12.3. The van der Waals surface area contributed by atoms with E-state index in [9.17, 15) is 8.42 Å². The van der Waals surface area contributed by atoms with Gasteiger partial charge in [0.25, 0.3) is 0 Å². The number of methoxy groups -OCH3 is 1. The minimum atomic E-state index is -3.54. The summed E-state index contributed by atoms with van der Waals surface area (Å²) in [7, 11) is -1.99. The lowest BCUT2D eigenvalue weighted by atomic mass is 10.3. The fraction of sp³-hybridized carbons (Fsp3) is 0.750. The van der Waals surface area contributed by atoms with Gasteiger partial charge in [-0.05, 0) is 13.0 Å². The molecule has 1 heterocycles. The van der Waals surface area contributed by atoms with Gasteiger partial charge in [0.15, 0.2) is 0 Å². The highest BCUT2D eigenvalue weighted by Gasteiger charge is 2.20. The summed E-state index contributed by atoms with van der Waals surface area (Å²) in [4.78, 5) is 0.184. The second-order valence-electron chi connectivity index (χ2n) is 4.47. The molecule has 0 aliphatic heterocycles. The van der Waals surface area contributed by atoms with E-state index in [2.05, 4.69) is 15.1 Å². The number of hydrogen-bond donors (Lipinski definition) is 2. The van der Waals surface area contributed by atoms with Crippen LogP contribution in [-0.2, 0) is 21.3 Å². The summed E-state index contributed by atoms with van der Waals surface area (Å²) in [6.07, 6.45) is 3.58. The van der Waals surface area contributed by atoms with Crippen molar-refractivity contribution < 1.29 is 13.2 Å². The van der Waals surface area contributed by atoms with E-state index >= 15 is 0 Å². The van der Waals surface area contributed by atoms with Gasteiger partial charge in [-0.3, -0.25) is 4.68 Å². The first-order valence-corrected chi connectivity index (χ1v) is 8.26. The fourth-order valence-corrected chi connectivity index (χ4v) is 2.96. The smallest absolute Gasteiger partial charge is 0.244 e. The van der Waals surface area contributed by atoms with Gasteiger partial charge in [0.1, 0.15) is 4.90 Å². The van der Waals surface area contributed by atoms with E-state index in [1.54, 1.807) is 18.0 Å². The lowest BCUT2D eigenvalue weighted by Crippen LogP contribution is -2.37. The number of sulfonamides is 1. The summed E-state index contributed by atoms with van der Waals surface area (Å²) in [5, 5.41) is 7.22. The maximum Gasteiger partial charge on any atom is 0.244 e. The molecular formula is C12H24N4O3S. The van der Waals surface area contributed by atoms with Gasteiger partial charge >= 0.3 is 0 Å². The van der Waals surface area contributed by atoms with E-state index in [-0.39, 0.29) is 10.9 Å². The van der Waals surface area contributed by atoms with Gasteiger partial charge in [0, 0.05) is 25.9 Å². The standard InChI is InChI=1S/C12H24N4O3S/c1-4-11(10-19-3)15-20(17,18)12-8-14-16(9-12)7-6-13-5-2/h8-9,11,13,15H,4-7,10H2,1-3H3. The van der Waals surface area contributed by atoms with Gasteiger partial charge in [-0.1, -0.05) is 13.8 Å². The van der Waals surface area contributed by atoms with Crippen molar-refractivity contribution in [2.75, 3.05) is 26.8 Å². The van der Waals surface area contributed by atoms with E-state index in [0.29, 0.717) is 19.6 Å². The van der Waals surface area contributed by atoms with Gasteiger partial charge in [-0.2, -0.15) is 5.10 Å². The Kier molecular flexibility index (Phi) is 7.14. The average molecular weight is 304 g/mol. The van der Waals surface area contributed by atoms with Crippen LogP contribution >= 0.6 is 0 Å². The average Bonchev–Trinajstić information content (AvgIpc) is 2.88. The molecule has 0 radical (unpaired) electrons. The fourth-order valence-electron chi connectivity index (χ4n) is 1.70. The first-order valence-electron chi connectivity index (χ1n) is 6.77. The zero-order chi connectivity index (χ0) is 15.0. The minimum absolute atomic E-state index is 0.184. The van der Waals surface area contributed by atoms with Crippen LogP contribution in [0.2, 0.25) is 0 Å². The molecule has 1 unspecified atom stereocenters. The normalized spacial score (nSPS) is 13.6. The minimum Gasteiger partial charge on any atom is -0.383 e. The van der Waals surface area contributed by atoms with Crippen LogP contribution in [-0.4, -0.2) is 51.0 Å². The van der Waals surface area contributed by atoms with Crippen LogP contribution in [0.3, 0.4) is 0 Å². The molecule has 0 bridgehead atoms. The molecule has 0 aliphatic carbocycles. The van der Waals surface area contributed by atoms with Crippen LogP contribution in [0, 0.1) is 0 Å². The van der Waals surface area contributed by atoms with Crippen LogP contribution in [0.4, 0.5) is 0 Å². The van der Waals surface area contributed by atoms with Crippen LogP contribution in [0.25, 0.3) is 0 Å². The Morgan fingerprint density at radius 1 is 1.45 bits per heavy atom. The number of ether oxygens (including phenoxy) is 1. The maximum absolute atomic E-state index is 12.2. The van der Waals surface area contributed by atoms with E-state index in [1.807, 2.05) is 13.8 Å². The third-order valence-electron chi connectivity index (χ3n) is 2.87. The molecular weight excluding hydrogens is 280 g/mol. The van der Waals surface area contributed by atoms with Crippen molar-refractivity contribution in [3.05, 3.63) is 12.4 Å². The molecule has 2 N–H and O–H groups in total. The summed E-state index contributed by atoms with van der Waals surface area (Å²) in [5.74, 6) is 0. The van der Waals surface area contributed by atoms with Gasteiger partial charge in [-0.25, -0.2) is 13.1 Å². The van der Waals surface area contributed by atoms with Crippen LogP contribution in [0.1, 0.15) is 20.3 Å². The predicted molar refractivity (Wildman–Crippen MR) is 77.0 cm³/mol. The van der Waals surface area contributed by atoms with Crippen molar-refractivity contribution >= 4 is 10.0 Å². The molecule has 1 aromatic rings. The largest absolute Gasteiger partial charge is 0.383 e. The Bertz CT molecular complexity index is 487. The lowest BCUT2D eigenvalue weighted by Gasteiger charge is -2.15. The van der Waals surface area contributed by atoms with Crippen molar-refractivity contribution in [3.8, 4) is 0 Å². The van der Waals surface area contributed by atoms with Crippen LogP contribution in [0.5, 0.6) is 0 Å². The molecule has 20 heavy (non-hydrogen) atoms. The van der Waals surface area contributed by atoms with Crippen molar-refractivity contribution in [1.29, 1.82) is 0 Å². The second kappa shape index (κ2) is 8.35. The lowest BCUT2D eigenvalue weighted by molar-refractivity contribution is 0.173. The Hall–Kier alpha value is -0.960. The molecule has 0 spiro atoms.